The van der Waals surface area contributed by atoms with E-state index < -0.39 is 17.3 Å². The molecule has 2 atom stereocenters. The van der Waals surface area contributed by atoms with Gasteiger partial charge in [0, 0.05) is 13.1 Å². The predicted octanol–water partition coefficient (Wildman–Crippen LogP) is 1.19. The summed E-state index contributed by atoms with van der Waals surface area (Å²) in [5, 5.41) is 12.0. The van der Waals surface area contributed by atoms with Gasteiger partial charge < -0.3 is 15.3 Å². The molecule has 1 aliphatic carbocycles. The molecule has 1 heterocycles. The maximum atomic E-state index is 12.0. The zero-order valence-corrected chi connectivity index (χ0v) is 12.7. The summed E-state index contributed by atoms with van der Waals surface area (Å²) < 4.78 is 0. The molecule has 0 spiro atoms. The lowest BCUT2D eigenvalue weighted by atomic mass is 9.99. The molecule has 2 fully saturated rings. The van der Waals surface area contributed by atoms with Crippen LogP contribution in [0.4, 0.5) is 0 Å². The van der Waals surface area contributed by atoms with Crippen LogP contribution in [0.2, 0.25) is 0 Å². The summed E-state index contributed by atoms with van der Waals surface area (Å²) in [6.45, 7) is 9.66. The molecule has 2 N–H and O–H groups in total. The molecule has 5 heteroatoms. The van der Waals surface area contributed by atoms with E-state index >= 15 is 0 Å². The molecule has 5 nitrogen and oxygen atoms in total. The van der Waals surface area contributed by atoms with Crippen molar-refractivity contribution in [3.63, 3.8) is 0 Å². The first-order chi connectivity index (χ1) is 9.34. The van der Waals surface area contributed by atoms with Crippen molar-refractivity contribution in [2.24, 2.45) is 23.2 Å². The Balaban J connectivity index is 1.70. The quantitative estimate of drug-likeness (QED) is 0.795. The molecule has 1 amide bonds. The number of hydrogen-bond acceptors (Lipinski definition) is 3. The van der Waals surface area contributed by atoms with Crippen LogP contribution >= 0.6 is 0 Å². The van der Waals surface area contributed by atoms with Gasteiger partial charge in [-0.1, -0.05) is 20.8 Å². The SMILES string of the molecule is CC1CCN(CCNC(=O)C2C(C(=O)O)C2(C)C)CC1. The fraction of sp³-hybridized carbons (Fsp3) is 0.867. The Bertz CT molecular complexity index is 387. The Labute approximate surface area is 120 Å². The Morgan fingerprint density at radius 1 is 1.25 bits per heavy atom. The van der Waals surface area contributed by atoms with E-state index in [0.717, 1.165) is 25.6 Å². The first kappa shape index (κ1) is 15.3. The summed E-state index contributed by atoms with van der Waals surface area (Å²) in [4.78, 5) is 25.5. The Morgan fingerprint density at radius 2 is 1.85 bits per heavy atom. The number of hydrogen-bond donors (Lipinski definition) is 2. The van der Waals surface area contributed by atoms with Gasteiger partial charge in [0.2, 0.25) is 5.91 Å². The molecule has 114 valence electrons. The van der Waals surface area contributed by atoms with E-state index in [0.29, 0.717) is 6.54 Å². The van der Waals surface area contributed by atoms with Crippen molar-refractivity contribution in [1.82, 2.24) is 10.2 Å². The van der Waals surface area contributed by atoms with Crippen molar-refractivity contribution in [1.29, 1.82) is 0 Å². The van der Waals surface area contributed by atoms with E-state index in [1.807, 2.05) is 13.8 Å². The van der Waals surface area contributed by atoms with Crippen LogP contribution in [-0.2, 0) is 9.59 Å². The first-order valence-corrected chi connectivity index (χ1v) is 7.57. The van der Waals surface area contributed by atoms with Crippen LogP contribution in [-0.4, -0.2) is 48.1 Å². The van der Waals surface area contributed by atoms with Gasteiger partial charge in [-0.25, -0.2) is 0 Å². The van der Waals surface area contributed by atoms with Crippen molar-refractivity contribution in [3.05, 3.63) is 0 Å². The summed E-state index contributed by atoms with van der Waals surface area (Å²) in [5.74, 6) is -1.06. The minimum absolute atomic E-state index is 0.104. The van der Waals surface area contributed by atoms with Gasteiger partial charge in [0.05, 0.1) is 11.8 Å². The largest absolute Gasteiger partial charge is 0.481 e. The van der Waals surface area contributed by atoms with Gasteiger partial charge >= 0.3 is 5.97 Å². The van der Waals surface area contributed by atoms with Gasteiger partial charge in [0.15, 0.2) is 0 Å². The van der Waals surface area contributed by atoms with E-state index in [9.17, 15) is 9.59 Å². The lowest BCUT2D eigenvalue weighted by Crippen LogP contribution is -2.40. The standard InChI is InChI=1S/C15H26N2O3/c1-10-4-7-17(8-5-10)9-6-16-13(18)11-12(14(19)20)15(11,2)3/h10-12H,4-9H2,1-3H3,(H,16,18)(H,19,20). The Morgan fingerprint density at radius 3 is 2.35 bits per heavy atom. The maximum absolute atomic E-state index is 12.0. The third kappa shape index (κ3) is 3.14. The average Bonchev–Trinajstić information content (AvgIpc) is 2.95. The fourth-order valence-electron chi connectivity index (χ4n) is 3.32. The molecule has 0 aromatic heterocycles. The van der Waals surface area contributed by atoms with Crippen LogP contribution in [0.1, 0.15) is 33.6 Å². The van der Waals surface area contributed by atoms with Gasteiger partial charge in [0.25, 0.3) is 0 Å². The summed E-state index contributed by atoms with van der Waals surface area (Å²) >= 11 is 0. The molecule has 1 saturated carbocycles. The maximum Gasteiger partial charge on any atom is 0.307 e. The average molecular weight is 282 g/mol. The first-order valence-electron chi connectivity index (χ1n) is 7.57. The third-order valence-electron chi connectivity index (χ3n) is 4.98. The summed E-state index contributed by atoms with van der Waals surface area (Å²) in [6.07, 6.45) is 2.45. The number of nitrogens with one attached hydrogen (secondary N) is 1. The number of likely N-dealkylation sites (tertiary alicyclic amines) is 1. The monoisotopic (exact) mass is 282 g/mol. The number of rotatable bonds is 5. The number of aliphatic carboxylic acids is 1. The highest BCUT2D eigenvalue weighted by Crippen LogP contribution is 2.58. The van der Waals surface area contributed by atoms with E-state index in [-0.39, 0.29) is 11.8 Å². The zero-order chi connectivity index (χ0) is 14.9. The molecule has 20 heavy (non-hydrogen) atoms. The smallest absolute Gasteiger partial charge is 0.307 e. The van der Waals surface area contributed by atoms with Gasteiger partial charge in [-0.3, -0.25) is 9.59 Å². The molecule has 2 rings (SSSR count). The molecule has 0 aromatic rings. The van der Waals surface area contributed by atoms with Crippen molar-refractivity contribution >= 4 is 11.9 Å². The molecular formula is C15H26N2O3. The highest BCUT2D eigenvalue weighted by atomic mass is 16.4. The molecule has 0 aromatic carbocycles. The summed E-state index contributed by atoms with van der Waals surface area (Å²) in [6, 6.07) is 0. The lowest BCUT2D eigenvalue weighted by molar-refractivity contribution is -0.140. The van der Waals surface area contributed by atoms with E-state index in [1.165, 1.54) is 12.8 Å². The highest BCUT2D eigenvalue weighted by molar-refractivity contribution is 5.91. The minimum Gasteiger partial charge on any atom is -0.481 e. The predicted molar refractivity (Wildman–Crippen MR) is 76.2 cm³/mol. The lowest BCUT2D eigenvalue weighted by Gasteiger charge is -2.30. The number of carboxylic acid groups (broad SMARTS) is 1. The van der Waals surface area contributed by atoms with E-state index in [4.69, 9.17) is 5.11 Å². The van der Waals surface area contributed by atoms with Gasteiger partial charge in [-0.15, -0.1) is 0 Å². The highest BCUT2D eigenvalue weighted by Gasteiger charge is 2.65. The zero-order valence-electron chi connectivity index (χ0n) is 12.7. The molecule has 2 unspecified atom stereocenters. The molecule has 0 radical (unpaired) electrons. The molecular weight excluding hydrogens is 256 g/mol. The number of nitrogens with zero attached hydrogens (tertiary/aromatic N) is 1. The summed E-state index contributed by atoms with van der Waals surface area (Å²) in [5.41, 5.74) is -0.406. The number of carbonyl (C=O) groups is 2. The second-order valence-corrected chi connectivity index (χ2v) is 6.93. The van der Waals surface area contributed by atoms with Crippen molar-refractivity contribution in [2.45, 2.75) is 33.6 Å². The number of amides is 1. The molecule has 1 saturated heterocycles. The Kier molecular flexibility index (Phi) is 4.37. The van der Waals surface area contributed by atoms with Crippen molar-refractivity contribution < 1.29 is 14.7 Å². The van der Waals surface area contributed by atoms with Gasteiger partial charge in [-0.05, 0) is 37.3 Å². The van der Waals surface area contributed by atoms with Crippen LogP contribution in [0.15, 0.2) is 0 Å². The number of carboxylic acids is 1. The van der Waals surface area contributed by atoms with E-state index in [2.05, 4.69) is 17.1 Å². The summed E-state index contributed by atoms with van der Waals surface area (Å²) in [7, 11) is 0. The van der Waals surface area contributed by atoms with Crippen molar-refractivity contribution in [3.8, 4) is 0 Å². The molecule has 1 aliphatic heterocycles. The molecule has 2 aliphatic rings. The Hall–Kier alpha value is -1.10. The van der Waals surface area contributed by atoms with Crippen LogP contribution in [0, 0.1) is 23.2 Å². The second-order valence-electron chi connectivity index (χ2n) is 6.93. The van der Waals surface area contributed by atoms with Crippen molar-refractivity contribution in [2.75, 3.05) is 26.2 Å². The third-order valence-corrected chi connectivity index (χ3v) is 4.98. The second kappa shape index (κ2) is 5.72. The minimum atomic E-state index is -0.861. The normalized spacial score (nSPS) is 29.9. The van der Waals surface area contributed by atoms with Gasteiger partial charge in [0.1, 0.15) is 0 Å². The van der Waals surface area contributed by atoms with Crippen LogP contribution in [0.3, 0.4) is 0 Å². The van der Waals surface area contributed by atoms with Crippen LogP contribution in [0.5, 0.6) is 0 Å². The molecule has 0 bridgehead atoms. The number of piperidine rings is 1. The topological polar surface area (TPSA) is 69.6 Å². The van der Waals surface area contributed by atoms with E-state index in [1.54, 1.807) is 0 Å². The fourth-order valence-corrected chi connectivity index (χ4v) is 3.32. The van der Waals surface area contributed by atoms with Crippen LogP contribution in [0.25, 0.3) is 0 Å². The van der Waals surface area contributed by atoms with Gasteiger partial charge in [-0.2, -0.15) is 0 Å². The van der Waals surface area contributed by atoms with Crippen LogP contribution < -0.4 is 5.32 Å². The number of carbonyl (C=O) groups excluding carboxylic acids is 1.